The normalized spacial score (nSPS) is 11.0. The molecule has 0 unspecified atom stereocenters. The summed E-state index contributed by atoms with van der Waals surface area (Å²) in [7, 11) is -2.53. The van der Waals surface area contributed by atoms with Crippen LogP contribution in [0.3, 0.4) is 0 Å². The first-order valence-corrected chi connectivity index (χ1v) is 7.93. The van der Waals surface area contributed by atoms with E-state index in [2.05, 4.69) is 10.0 Å². The first-order valence-electron chi connectivity index (χ1n) is 6.45. The number of carbonyl (C=O) groups excluding carboxylic acids is 1. The van der Waals surface area contributed by atoms with Gasteiger partial charge in [0.1, 0.15) is 5.82 Å². The number of carbonyl (C=O) groups is 1. The van der Waals surface area contributed by atoms with Gasteiger partial charge in [-0.1, -0.05) is 18.2 Å². The Balaban J connectivity index is 2.42. The van der Waals surface area contributed by atoms with Crippen LogP contribution in [0.25, 0.3) is 0 Å². The first-order chi connectivity index (χ1) is 10.3. The molecule has 0 saturated heterocycles. The molecule has 0 heterocycles. The predicted molar refractivity (Wildman–Crippen MR) is 81.8 cm³/mol. The van der Waals surface area contributed by atoms with Crippen LogP contribution in [0.5, 0.6) is 0 Å². The van der Waals surface area contributed by atoms with Crippen molar-refractivity contribution < 1.29 is 17.6 Å². The molecule has 1 amide bonds. The van der Waals surface area contributed by atoms with Crippen molar-refractivity contribution >= 4 is 21.6 Å². The first kappa shape index (κ1) is 16.0. The van der Waals surface area contributed by atoms with Gasteiger partial charge in [0.15, 0.2) is 0 Å². The van der Waals surface area contributed by atoms with Crippen LogP contribution in [0, 0.1) is 12.7 Å². The topological polar surface area (TPSA) is 75.3 Å². The average molecular weight is 322 g/mol. The van der Waals surface area contributed by atoms with Crippen molar-refractivity contribution in [3.8, 4) is 0 Å². The number of halogens is 1. The van der Waals surface area contributed by atoms with E-state index in [4.69, 9.17) is 0 Å². The third kappa shape index (κ3) is 3.25. The number of rotatable bonds is 4. The lowest BCUT2D eigenvalue weighted by Gasteiger charge is -2.11. The van der Waals surface area contributed by atoms with Crippen LogP contribution in [0.4, 0.5) is 10.1 Å². The molecule has 0 bridgehead atoms. The monoisotopic (exact) mass is 322 g/mol. The lowest BCUT2D eigenvalue weighted by molar-refractivity contribution is 0.0962. The summed E-state index contributed by atoms with van der Waals surface area (Å²) in [6, 6.07) is 9.61. The lowest BCUT2D eigenvalue weighted by Crippen LogP contribution is -2.20. The predicted octanol–water partition coefficient (Wildman–Crippen LogP) is 2.29. The highest BCUT2D eigenvalue weighted by Gasteiger charge is 2.19. The molecule has 7 heteroatoms. The summed E-state index contributed by atoms with van der Waals surface area (Å²) in [6.07, 6.45) is 0. The molecule has 2 aromatic carbocycles. The molecule has 0 spiro atoms. The molecule has 2 N–H and O–H groups in total. The molecule has 0 fully saturated rings. The van der Waals surface area contributed by atoms with E-state index in [9.17, 15) is 17.6 Å². The van der Waals surface area contributed by atoms with Crippen LogP contribution < -0.4 is 10.0 Å². The SMILES string of the molecule is CNC(=O)c1cc(S(=O)(=O)Nc2ccccc2F)ccc1C. The lowest BCUT2D eigenvalue weighted by atomic mass is 10.1. The van der Waals surface area contributed by atoms with E-state index in [0.29, 0.717) is 5.56 Å². The number of anilines is 1. The van der Waals surface area contributed by atoms with E-state index >= 15 is 0 Å². The molecule has 2 rings (SSSR count). The van der Waals surface area contributed by atoms with Crippen molar-refractivity contribution in [1.82, 2.24) is 5.32 Å². The van der Waals surface area contributed by atoms with Gasteiger partial charge in [-0.05, 0) is 36.8 Å². The summed E-state index contributed by atoms with van der Waals surface area (Å²) in [5, 5.41) is 2.45. The number of hydrogen-bond acceptors (Lipinski definition) is 3. The Bertz CT molecular complexity index is 819. The summed E-state index contributed by atoms with van der Waals surface area (Å²) < 4.78 is 40.4. The van der Waals surface area contributed by atoms with Gasteiger partial charge in [-0.2, -0.15) is 0 Å². The molecule has 0 radical (unpaired) electrons. The average Bonchev–Trinajstić information content (AvgIpc) is 2.49. The molecule has 22 heavy (non-hydrogen) atoms. The molecule has 116 valence electrons. The van der Waals surface area contributed by atoms with Gasteiger partial charge in [0, 0.05) is 12.6 Å². The quantitative estimate of drug-likeness (QED) is 0.907. The van der Waals surface area contributed by atoms with E-state index in [0.717, 1.165) is 6.07 Å². The third-order valence-corrected chi connectivity index (χ3v) is 4.47. The Kier molecular flexibility index (Phi) is 4.46. The summed E-state index contributed by atoms with van der Waals surface area (Å²) >= 11 is 0. The molecule has 0 aliphatic carbocycles. The van der Waals surface area contributed by atoms with E-state index < -0.39 is 15.8 Å². The van der Waals surface area contributed by atoms with Crippen LogP contribution in [-0.2, 0) is 10.0 Å². The Morgan fingerprint density at radius 1 is 1.14 bits per heavy atom. The van der Waals surface area contributed by atoms with Gasteiger partial charge in [-0.15, -0.1) is 0 Å². The third-order valence-electron chi connectivity index (χ3n) is 3.11. The zero-order chi connectivity index (χ0) is 16.3. The summed E-state index contributed by atoms with van der Waals surface area (Å²) in [5.74, 6) is -1.06. The number of para-hydroxylation sites is 1. The number of amides is 1. The second-order valence-corrected chi connectivity index (χ2v) is 6.32. The van der Waals surface area contributed by atoms with Gasteiger partial charge in [-0.25, -0.2) is 12.8 Å². The van der Waals surface area contributed by atoms with Crippen molar-refractivity contribution in [3.05, 3.63) is 59.4 Å². The van der Waals surface area contributed by atoms with E-state index in [-0.39, 0.29) is 22.1 Å². The van der Waals surface area contributed by atoms with Crippen LogP contribution in [0.15, 0.2) is 47.4 Å². The van der Waals surface area contributed by atoms with Crippen molar-refractivity contribution in [2.75, 3.05) is 11.8 Å². The Morgan fingerprint density at radius 3 is 2.45 bits per heavy atom. The van der Waals surface area contributed by atoms with Gasteiger partial charge in [-0.3, -0.25) is 9.52 Å². The molecular formula is C15H15FN2O3S. The highest BCUT2D eigenvalue weighted by molar-refractivity contribution is 7.92. The summed E-state index contributed by atoms with van der Waals surface area (Å²) in [5.41, 5.74) is 0.743. The zero-order valence-corrected chi connectivity index (χ0v) is 12.9. The number of nitrogens with one attached hydrogen (secondary N) is 2. The minimum atomic E-state index is -3.99. The largest absolute Gasteiger partial charge is 0.355 e. The maximum Gasteiger partial charge on any atom is 0.262 e. The van der Waals surface area contributed by atoms with E-state index in [1.165, 1.54) is 43.4 Å². The van der Waals surface area contributed by atoms with E-state index in [1.807, 2.05) is 0 Å². The van der Waals surface area contributed by atoms with Crippen molar-refractivity contribution in [2.45, 2.75) is 11.8 Å². The van der Waals surface area contributed by atoms with Crippen molar-refractivity contribution in [2.24, 2.45) is 0 Å². The fraction of sp³-hybridized carbons (Fsp3) is 0.133. The van der Waals surface area contributed by atoms with Gasteiger partial charge in [0.05, 0.1) is 10.6 Å². The number of benzene rings is 2. The van der Waals surface area contributed by atoms with Crippen molar-refractivity contribution in [3.63, 3.8) is 0 Å². The van der Waals surface area contributed by atoms with Crippen molar-refractivity contribution in [1.29, 1.82) is 0 Å². The zero-order valence-electron chi connectivity index (χ0n) is 12.1. The highest BCUT2D eigenvalue weighted by Crippen LogP contribution is 2.21. The summed E-state index contributed by atoms with van der Waals surface area (Å²) in [4.78, 5) is 11.6. The minimum Gasteiger partial charge on any atom is -0.355 e. The number of sulfonamides is 1. The number of aryl methyl sites for hydroxylation is 1. The summed E-state index contributed by atoms with van der Waals surface area (Å²) in [6.45, 7) is 1.70. The Morgan fingerprint density at radius 2 is 1.82 bits per heavy atom. The molecule has 0 aliphatic heterocycles. The fourth-order valence-corrected chi connectivity index (χ4v) is 2.99. The molecule has 0 atom stereocenters. The maximum atomic E-state index is 13.6. The second kappa shape index (κ2) is 6.15. The van der Waals surface area contributed by atoms with Crippen LogP contribution in [0.1, 0.15) is 15.9 Å². The Labute approximate surface area is 128 Å². The maximum absolute atomic E-state index is 13.6. The molecule has 0 aromatic heterocycles. The fourth-order valence-electron chi connectivity index (χ4n) is 1.90. The smallest absolute Gasteiger partial charge is 0.262 e. The minimum absolute atomic E-state index is 0.111. The Hall–Kier alpha value is -2.41. The van der Waals surface area contributed by atoms with Crippen LogP contribution in [-0.4, -0.2) is 21.4 Å². The molecule has 0 saturated carbocycles. The van der Waals surface area contributed by atoms with Gasteiger partial charge >= 0.3 is 0 Å². The van der Waals surface area contributed by atoms with Crippen LogP contribution in [0.2, 0.25) is 0 Å². The standard InChI is InChI=1S/C15H15FN2O3S/c1-10-7-8-11(9-12(10)15(19)17-2)22(20,21)18-14-6-4-3-5-13(14)16/h3-9,18H,1-2H3,(H,17,19). The molecule has 5 nitrogen and oxygen atoms in total. The van der Waals surface area contributed by atoms with Gasteiger partial charge in [0.25, 0.3) is 15.9 Å². The van der Waals surface area contributed by atoms with E-state index in [1.54, 1.807) is 6.92 Å². The molecule has 0 aliphatic rings. The molecular weight excluding hydrogens is 307 g/mol. The van der Waals surface area contributed by atoms with Crippen LogP contribution >= 0.6 is 0 Å². The number of hydrogen-bond donors (Lipinski definition) is 2. The van der Waals surface area contributed by atoms with Gasteiger partial charge in [0.2, 0.25) is 0 Å². The van der Waals surface area contributed by atoms with Gasteiger partial charge < -0.3 is 5.32 Å². The highest BCUT2D eigenvalue weighted by atomic mass is 32.2. The second-order valence-electron chi connectivity index (χ2n) is 4.64. The molecule has 2 aromatic rings.